The molecule has 1 amide bonds. The number of nitrogens with zero attached hydrogens (tertiary/aromatic N) is 2. The Labute approximate surface area is 246 Å². The number of carbonyl (C=O) groups excluding carboxylic acids is 2. The maximum absolute atomic E-state index is 13.4. The van der Waals surface area contributed by atoms with Crippen molar-refractivity contribution in [3.63, 3.8) is 0 Å². The zero-order valence-corrected chi connectivity index (χ0v) is 24.7. The summed E-state index contributed by atoms with van der Waals surface area (Å²) in [7, 11) is -2.09. The average Bonchev–Trinajstić information content (AvgIpc) is 3.93. The molecule has 2 saturated carbocycles. The number of aromatic nitrogens is 1. The van der Waals surface area contributed by atoms with Gasteiger partial charge in [-0.1, -0.05) is 19.1 Å². The Bertz CT molecular complexity index is 1580. The first kappa shape index (κ1) is 28.2. The fourth-order valence-electron chi connectivity index (χ4n) is 5.34. The van der Waals surface area contributed by atoms with Crippen LogP contribution in [-0.4, -0.2) is 51.3 Å². The number of hydrogen-bond acceptors (Lipinski definition) is 8. The second kappa shape index (κ2) is 11.4. The van der Waals surface area contributed by atoms with Crippen LogP contribution in [0.2, 0.25) is 0 Å². The van der Waals surface area contributed by atoms with Crippen LogP contribution in [0.3, 0.4) is 0 Å². The third-order valence-corrected chi connectivity index (χ3v) is 9.91. The summed E-state index contributed by atoms with van der Waals surface area (Å²) >= 11 is 0. The molecule has 3 aliphatic rings. The summed E-state index contributed by atoms with van der Waals surface area (Å²) in [6.07, 6.45) is 4.66. The van der Waals surface area contributed by atoms with E-state index in [1.54, 1.807) is 31.2 Å². The number of methoxy groups -OCH3 is 1. The van der Waals surface area contributed by atoms with Gasteiger partial charge in [-0.2, -0.15) is 0 Å². The maximum Gasteiger partial charge on any atom is 0.307 e. The van der Waals surface area contributed by atoms with Gasteiger partial charge >= 0.3 is 5.97 Å². The summed E-state index contributed by atoms with van der Waals surface area (Å²) in [5.41, 5.74) is 5.35. The molecule has 6 rings (SSSR count). The van der Waals surface area contributed by atoms with Crippen molar-refractivity contribution in [2.24, 2.45) is 0 Å². The fraction of sp³-hybridized carbons (Fsp3) is 0.406. The second-order valence-electron chi connectivity index (χ2n) is 11.2. The van der Waals surface area contributed by atoms with Crippen LogP contribution in [0.1, 0.15) is 84.2 Å². The lowest BCUT2D eigenvalue weighted by atomic mass is 10.0. The van der Waals surface area contributed by atoms with Crippen LogP contribution in [0, 0.1) is 0 Å². The minimum Gasteiger partial charge on any atom is -0.490 e. The Balaban J connectivity index is 1.24. The topological polar surface area (TPSA) is 115 Å². The molecule has 1 aromatic heterocycles. The molecule has 0 unspecified atom stereocenters. The highest BCUT2D eigenvalue weighted by Gasteiger charge is 2.32. The predicted octanol–water partition coefficient (Wildman–Crippen LogP) is 5.19. The van der Waals surface area contributed by atoms with E-state index < -0.39 is 21.8 Å². The molecule has 3 aromatic rings. The average molecular weight is 590 g/mol. The number of sulfone groups is 1. The van der Waals surface area contributed by atoms with Crippen LogP contribution >= 0.6 is 0 Å². The number of amides is 1. The fourth-order valence-corrected chi connectivity index (χ4v) is 6.22. The number of ether oxygens (including phenoxy) is 2. The van der Waals surface area contributed by atoms with Crippen molar-refractivity contribution in [2.75, 3.05) is 30.9 Å². The zero-order chi connectivity index (χ0) is 29.4. The van der Waals surface area contributed by atoms with E-state index in [0.717, 1.165) is 11.4 Å². The lowest BCUT2D eigenvalue weighted by Gasteiger charge is -2.32. The second-order valence-corrected chi connectivity index (χ2v) is 13.5. The van der Waals surface area contributed by atoms with Gasteiger partial charge in [-0.3, -0.25) is 14.6 Å². The molecule has 1 N–H and O–H groups in total. The molecule has 1 aliphatic heterocycles. The third-order valence-electron chi connectivity index (χ3n) is 8.16. The summed E-state index contributed by atoms with van der Waals surface area (Å²) < 4.78 is 35.3. The van der Waals surface area contributed by atoms with Crippen molar-refractivity contribution in [1.82, 2.24) is 10.3 Å². The molecule has 0 bridgehead atoms. The SMILES string of the molecule is CCS(=O)(=O)c1ccc([C@H](CC(=O)OC)NC(=O)c2ccc3c(c2)OCCN3c2cc(C3CC3)nc(C3CC3)c2)cc1. The van der Waals surface area contributed by atoms with E-state index in [9.17, 15) is 18.0 Å². The van der Waals surface area contributed by atoms with E-state index in [0.29, 0.717) is 41.9 Å². The van der Waals surface area contributed by atoms with Gasteiger partial charge in [-0.05, 0) is 73.7 Å². The van der Waals surface area contributed by atoms with E-state index >= 15 is 0 Å². The summed E-state index contributed by atoms with van der Waals surface area (Å²) in [6, 6.07) is 15.3. The number of esters is 1. The molecule has 2 heterocycles. The number of carbonyl (C=O) groups is 2. The number of pyridine rings is 1. The van der Waals surface area contributed by atoms with Gasteiger partial charge in [0, 0.05) is 34.5 Å². The van der Waals surface area contributed by atoms with Crippen molar-refractivity contribution >= 4 is 33.1 Å². The molecular weight excluding hydrogens is 554 g/mol. The molecule has 2 aliphatic carbocycles. The van der Waals surface area contributed by atoms with Crippen LogP contribution in [0.25, 0.3) is 0 Å². The number of fused-ring (bicyclic) bond motifs is 1. The third kappa shape index (κ3) is 5.99. The van der Waals surface area contributed by atoms with Gasteiger partial charge in [0.25, 0.3) is 5.91 Å². The van der Waals surface area contributed by atoms with Crippen LogP contribution < -0.4 is 15.0 Å². The molecule has 220 valence electrons. The van der Waals surface area contributed by atoms with Crippen molar-refractivity contribution in [3.05, 3.63) is 77.1 Å². The molecule has 42 heavy (non-hydrogen) atoms. The minimum absolute atomic E-state index is 0.0168. The Morgan fingerprint density at radius 1 is 1.02 bits per heavy atom. The van der Waals surface area contributed by atoms with Crippen molar-refractivity contribution in [3.8, 4) is 5.75 Å². The van der Waals surface area contributed by atoms with Gasteiger partial charge in [0.15, 0.2) is 9.84 Å². The van der Waals surface area contributed by atoms with Crippen LogP contribution in [0.4, 0.5) is 11.4 Å². The first-order valence-electron chi connectivity index (χ1n) is 14.5. The van der Waals surface area contributed by atoms with Gasteiger partial charge in [-0.15, -0.1) is 0 Å². The molecule has 2 aromatic carbocycles. The molecular formula is C32H35N3O6S. The number of benzene rings is 2. The van der Waals surface area contributed by atoms with Gasteiger partial charge in [0.05, 0.1) is 42.5 Å². The first-order chi connectivity index (χ1) is 20.3. The Hall–Kier alpha value is -3.92. The monoisotopic (exact) mass is 589 g/mol. The van der Waals surface area contributed by atoms with E-state index in [-0.39, 0.29) is 23.0 Å². The van der Waals surface area contributed by atoms with Crippen molar-refractivity contribution in [2.45, 2.75) is 61.8 Å². The molecule has 1 atom stereocenters. The number of anilines is 2. The molecule has 10 heteroatoms. The normalized spacial score (nSPS) is 17.1. The van der Waals surface area contributed by atoms with E-state index in [2.05, 4.69) is 22.3 Å². The number of nitrogens with one attached hydrogen (secondary N) is 1. The van der Waals surface area contributed by atoms with E-state index in [4.69, 9.17) is 14.5 Å². The van der Waals surface area contributed by atoms with E-state index in [1.165, 1.54) is 56.3 Å². The van der Waals surface area contributed by atoms with Gasteiger partial charge in [-0.25, -0.2) is 8.42 Å². The lowest BCUT2D eigenvalue weighted by Crippen LogP contribution is -2.31. The molecule has 9 nitrogen and oxygen atoms in total. The standard InChI is InChI=1S/C32H35N3O6S/c1-3-42(38,39)25-11-8-22(9-12-25)28(19-31(36)40-2)34-32(37)23-10-13-29-30(16-23)41-15-14-35(29)24-17-26(20-4-5-20)33-27(18-24)21-6-7-21/h8-13,16-18,20-21,28H,3-7,14-15,19H2,1-2H3,(H,34,37)/t28-/m0/s1. The number of hydrogen-bond donors (Lipinski definition) is 1. The van der Waals surface area contributed by atoms with Gasteiger partial charge < -0.3 is 19.7 Å². The molecule has 2 fully saturated rings. The summed E-state index contributed by atoms with van der Waals surface area (Å²) in [5, 5.41) is 2.92. The zero-order valence-electron chi connectivity index (χ0n) is 23.8. The highest BCUT2D eigenvalue weighted by molar-refractivity contribution is 7.91. The van der Waals surface area contributed by atoms with E-state index in [1.807, 2.05) is 6.07 Å². The van der Waals surface area contributed by atoms with Crippen LogP contribution in [0.15, 0.2) is 59.5 Å². The summed E-state index contributed by atoms with van der Waals surface area (Å²) in [6.45, 7) is 2.76. The Kier molecular flexibility index (Phi) is 7.66. The molecule has 0 radical (unpaired) electrons. The van der Waals surface area contributed by atoms with Gasteiger partial charge in [0.2, 0.25) is 0 Å². The van der Waals surface area contributed by atoms with Crippen LogP contribution in [0.5, 0.6) is 5.75 Å². The van der Waals surface area contributed by atoms with Crippen molar-refractivity contribution in [1.29, 1.82) is 0 Å². The van der Waals surface area contributed by atoms with Crippen molar-refractivity contribution < 1.29 is 27.5 Å². The summed E-state index contributed by atoms with van der Waals surface area (Å²) in [5.74, 6) is 0.831. The molecule has 0 saturated heterocycles. The largest absolute Gasteiger partial charge is 0.490 e. The first-order valence-corrected chi connectivity index (χ1v) is 16.2. The highest BCUT2D eigenvalue weighted by atomic mass is 32.2. The highest BCUT2D eigenvalue weighted by Crippen LogP contribution is 2.46. The maximum atomic E-state index is 13.4. The van der Waals surface area contributed by atoms with Gasteiger partial charge in [0.1, 0.15) is 12.4 Å². The Morgan fingerprint density at radius 2 is 1.69 bits per heavy atom. The Morgan fingerprint density at radius 3 is 2.29 bits per heavy atom. The predicted molar refractivity (Wildman–Crippen MR) is 158 cm³/mol. The van der Waals surface area contributed by atoms with Crippen LogP contribution in [-0.2, 0) is 19.4 Å². The number of rotatable bonds is 10. The smallest absolute Gasteiger partial charge is 0.307 e. The minimum atomic E-state index is -3.38. The lowest BCUT2D eigenvalue weighted by molar-refractivity contribution is -0.141. The summed E-state index contributed by atoms with van der Waals surface area (Å²) in [4.78, 5) is 33.0. The molecule has 0 spiro atoms. The quantitative estimate of drug-likeness (QED) is 0.321.